The van der Waals surface area contributed by atoms with Crippen molar-refractivity contribution in [2.75, 3.05) is 26.3 Å². The Kier molecular flexibility index (Phi) is 5.08. The van der Waals surface area contributed by atoms with Gasteiger partial charge >= 0.3 is 0 Å². The molecule has 0 atom stereocenters. The quantitative estimate of drug-likeness (QED) is 0.537. The number of nitrogens with zero attached hydrogens (tertiary/aromatic N) is 1. The Morgan fingerprint density at radius 1 is 1.53 bits per heavy atom. The summed E-state index contributed by atoms with van der Waals surface area (Å²) in [5, 5.41) is 3.12. The smallest absolute Gasteiger partial charge is 0.227 e. The number of morpholine rings is 1. The highest BCUT2D eigenvalue weighted by atomic mass is 32.1. The monoisotopic (exact) mass is 226 g/mol. The van der Waals surface area contributed by atoms with Gasteiger partial charge in [0, 0.05) is 25.9 Å². The molecule has 0 aliphatic carbocycles. The summed E-state index contributed by atoms with van der Waals surface area (Å²) in [5.74, 6) is 2.29. The van der Waals surface area contributed by atoms with E-state index in [1.54, 1.807) is 0 Å². The molecule has 0 aromatic heterocycles. The molecule has 82 valence electrons. The molecule has 0 spiro atoms. The van der Waals surface area contributed by atoms with E-state index in [4.69, 9.17) is 23.4 Å². The van der Waals surface area contributed by atoms with Gasteiger partial charge in [-0.05, 0) is 12.2 Å². The zero-order valence-electron chi connectivity index (χ0n) is 8.49. The van der Waals surface area contributed by atoms with Crippen molar-refractivity contribution in [1.29, 1.82) is 0 Å². The zero-order chi connectivity index (χ0) is 11.1. The Morgan fingerprint density at radius 2 is 2.20 bits per heavy atom. The maximum Gasteiger partial charge on any atom is 0.227 e. The van der Waals surface area contributed by atoms with Crippen LogP contribution in [0.25, 0.3) is 0 Å². The van der Waals surface area contributed by atoms with E-state index < -0.39 is 0 Å². The van der Waals surface area contributed by atoms with E-state index in [1.807, 2.05) is 4.90 Å². The van der Waals surface area contributed by atoms with Crippen molar-refractivity contribution in [3.05, 3.63) is 0 Å². The minimum absolute atomic E-state index is 0.121. The van der Waals surface area contributed by atoms with Gasteiger partial charge in [-0.1, -0.05) is 0 Å². The van der Waals surface area contributed by atoms with Crippen molar-refractivity contribution < 1.29 is 9.53 Å². The summed E-state index contributed by atoms with van der Waals surface area (Å²) in [5.41, 5.74) is 0. The second-order valence-electron chi connectivity index (χ2n) is 3.16. The second kappa shape index (κ2) is 6.38. The lowest BCUT2D eigenvalue weighted by Gasteiger charge is -2.28. The van der Waals surface area contributed by atoms with Crippen LogP contribution in [0.1, 0.15) is 12.8 Å². The number of ether oxygens (including phenoxy) is 1. The summed E-state index contributed by atoms with van der Waals surface area (Å²) in [4.78, 5) is 13.2. The van der Waals surface area contributed by atoms with Crippen molar-refractivity contribution in [1.82, 2.24) is 10.2 Å². The van der Waals surface area contributed by atoms with Crippen LogP contribution in [-0.2, 0) is 9.53 Å². The van der Waals surface area contributed by atoms with Crippen LogP contribution < -0.4 is 5.32 Å². The Balaban J connectivity index is 2.28. The van der Waals surface area contributed by atoms with Gasteiger partial charge in [-0.15, -0.1) is 12.3 Å². The van der Waals surface area contributed by atoms with Crippen LogP contribution in [0.2, 0.25) is 0 Å². The Labute approximate surface area is 95.0 Å². The first kappa shape index (κ1) is 12.0. The third kappa shape index (κ3) is 4.28. The molecule has 4 nitrogen and oxygen atoms in total. The lowest BCUT2D eigenvalue weighted by atomic mass is 10.3. The summed E-state index contributed by atoms with van der Waals surface area (Å²) < 4.78 is 5.18. The largest absolute Gasteiger partial charge is 0.378 e. The van der Waals surface area contributed by atoms with E-state index >= 15 is 0 Å². The van der Waals surface area contributed by atoms with Crippen LogP contribution in [0.5, 0.6) is 0 Å². The summed E-state index contributed by atoms with van der Waals surface area (Å²) in [6, 6.07) is 0. The summed E-state index contributed by atoms with van der Waals surface area (Å²) >= 11 is 5.09. The molecular formula is C10H14N2O2S. The molecule has 1 rings (SSSR count). The van der Waals surface area contributed by atoms with Crippen molar-refractivity contribution in [2.24, 2.45) is 0 Å². The van der Waals surface area contributed by atoms with E-state index in [1.165, 1.54) is 0 Å². The number of rotatable bonds is 2. The Hall–Kier alpha value is -1.12. The van der Waals surface area contributed by atoms with Crippen molar-refractivity contribution in [3.63, 3.8) is 0 Å². The molecule has 1 N–H and O–H groups in total. The third-order valence-electron chi connectivity index (χ3n) is 2.04. The van der Waals surface area contributed by atoms with Gasteiger partial charge in [0.1, 0.15) is 0 Å². The van der Waals surface area contributed by atoms with Crippen molar-refractivity contribution in [2.45, 2.75) is 12.8 Å². The van der Waals surface area contributed by atoms with E-state index in [2.05, 4.69) is 11.2 Å². The highest BCUT2D eigenvalue weighted by Crippen LogP contribution is 1.98. The number of hydrogen-bond acceptors (Lipinski definition) is 3. The molecule has 1 aliphatic rings. The molecule has 0 aromatic carbocycles. The van der Waals surface area contributed by atoms with Gasteiger partial charge in [0.05, 0.1) is 13.2 Å². The zero-order valence-corrected chi connectivity index (χ0v) is 9.31. The molecule has 1 fully saturated rings. The second-order valence-corrected chi connectivity index (χ2v) is 3.54. The number of nitrogens with one attached hydrogen (secondary N) is 1. The predicted molar refractivity (Wildman–Crippen MR) is 61.2 cm³/mol. The number of carbonyl (C=O) groups excluding carboxylic acids is 1. The van der Waals surface area contributed by atoms with Gasteiger partial charge in [0.2, 0.25) is 5.91 Å². The molecule has 1 saturated heterocycles. The number of amides is 1. The highest BCUT2D eigenvalue weighted by Gasteiger charge is 2.14. The van der Waals surface area contributed by atoms with Crippen LogP contribution in [-0.4, -0.2) is 42.2 Å². The molecule has 0 radical (unpaired) electrons. The fourth-order valence-electron chi connectivity index (χ4n) is 1.21. The van der Waals surface area contributed by atoms with Gasteiger partial charge in [-0.3, -0.25) is 4.79 Å². The maximum absolute atomic E-state index is 11.3. The maximum atomic E-state index is 11.3. The van der Waals surface area contributed by atoms with E-state index in [0.717, 1.165) is 13.1 Å². The molecule has 1 amide bonds. The first-order chi connectivity index (χ1) is 7.24. The molecule has 1 aliphatic heterocycles. The molecule has 0 saturated carbocycles. The average Bonchev–Trinajstić information content (AvgIpc) is 2.27. The van der Waals surface area contributed by atoms with E-state index in [-0.39, 0.29) is 5.91 Å². The van der Waals surface area contributed by atoms with Gasteiger partial charge < -0.3 is 15.0 Å². The fraction of sp³-hybridized carbons (Fsp3) is 0.600. The van der Waals surface area contributed by atoms with Crippen LogP contribution in [0, 0.1) is 12.3 Å². The molecule has 0 aromatic rings. The summed E-state index contributed by atoms with van der Waals surface area (Å²) in [6.07, 6.45) is 5.82. The molecule has 1 heterocycles. The first-order valence-electron chi connectivity index (χ1n) is 4.84. The van der Waals surface area contributed by atoms with Crippen LogP contribution in [0.15, 0.2) is 0 Å². The molecule has 5 heteroatoms. The fourth-order valence-corrected chi connectivity index (χ4v) is 1.51. The van der Waals surface area contributed by atoms with Crippen molar-refractivity contribution >= 4 is 23.2 Å². The standard InChI is InChI=1S/C10H14N2O2S/c1-2-3-4-9(13)11-10(15)12-5-7-14-8-6-12/h1H,3-8H2,(H,11,13,15). The first-order valence-corrected chi connectivity index (χ1v) is 5.25. The number of carbonyl (C=O) groups is 1. The topological polar surface area (TPSA) is 41.6 Å². The molecule has 0 unspecified atom stereocenters. The lowest BCUT2D eigenvalue weighted by molar-refractivity contribution is -0.119. The third-order valence-corrected chi connectivity index (χ3v) is 2.40. The highest BCUT2D eigenvalue weighted by molar-refractivity contribution is 7.80. The van der Waals surface area contributed by atoms with Crippen LogP contribution >= 0.6 is 12.2 Å². The molecular weight excluding hydrogens is 212 g/mol. The summed E-state index contributed by atoms with van der Waals surface area (Å²) in [6.45, 7) is 2.77. The number of terminal acetylenes is 1. The van der Waals surface area contributed by atoms with E-state index in [9.17, 15) is 4.79 Å². The molecule has 0 bridgehead atoms. The summed E-state index contributed by atoms with van der Waals surface area (Å²) in [7, 11) is 0. The minimum atomic E-state index is -0.121. The molecule has 15 heavy (non-hydrogen) atoms. The van der Waals surface area contributed by atoms with E-state index in [0.29, 0.717) is 31.2 Å². The Bertz CT molecular complexity index is 280. The normalized spacial score (nSPS) is 15.5. The van der Waals surface area contributed by atoms with Crippen LogP contribution in [0.3, 0.4) is 0 Å². The van der Waals surface area contributed by atoms with Crippen molar-refractivity contribution in [3.8, 4) is 12.3 Å². The van der Waals surface area contributed by atoms with Gasteiger partial charge in [0.25, 0.3) is 0 Å². The number of hydrogen-bond donors (Lipinski definition) is 1. The van der Waals surface area contributed by atoms with Crippen LogP contribution in [0.4, 0.5) is 0 Å². The lowest BCUT2D eigenvalue weighted by Crippen LogP contribution is -2.47. The number of thiocarbonyl (C=S) groups is 1. The Morgan fingerprint density at radius 3 is 2.80 bits per heavy atom. The van der Waals surface area contributed by atoms with Gasteiger partial charge in [-0.2, -0.15) is 0 Å². The van der Waals surface area contributed by atoms with Gasteiger partial charge in [0.15, 0.2) is 5.11 Å². The predicted octanol–water partition coefficient (Wildman–Crippen LogP) is 0.133. The minimum Gasteiger partial charge on any atom is -0.378 e. The SMILES string of the molecule is C#CCCC(=O)NC(=S)N1CCOCC1. The average molecular weight is 226 g/mol. The van der Waals surface area contributed by atoms with Gasteiger partial charge in [-0.25, -0.2) is 0 Å².